The van der Waals surface area contributed by atoms with Gasteiger partial charge in [-0.25, -0.2) is 4.79 Å². The highest BCUT2D eigenvalue weighted by Crippen LogP contribution is 2.28. The molecule has 134 valence electrons. The van der Waals surface area contributed by atoms with Crippen LogP contribution in [0.25, 0.3) is 0 Å². The first kappa shape index (κ1) is 17.3. The maximum Gasteiger partial charge on any atom is 0.419 e. The molecule has 1 aromatic carbocycles. The van der Waals surface area contributed by atoms with Crippen molar-refractivity contribution in [3.8, 4) is 0 Å². The molecule has 0 saturated carbocycles. The van der Waals surface area contributed by atoms with Crippen molar-refractivity contribution in [2.45, 2.75) is 12.8 Å². The van der Waals surface area contributed by atoms with Gasteiger partial charge in [-0.3, -0.25) is 0 Å². The van der Waals surface area contributed by atoms with Crippen molar-refractivity contribution in [2.75, 3.05) is 31.1 Å². The molecule has 1 fully saturated rings. The number of rotatable bonds is 2. The zero-order valence-electron chi connectivity index (χ0n) is 13.3. The molecule has 1 aliphatic heterocycles. The van der Waals surface area contributed by atoms with Crippen LogP contribution in [-0.4, -0.2) is 52.0 Å². The van der Waals surface area contributed by atoms with E-state index in [-0.39, 0.29) is 6.61 Å². The summed E-state index contributed by atoms with van der Waals surface area (Å²) in [5.74, 6) is 0. The van der Waals surface area contributed by atoms with E-state index in [9.17, 15) is 23.1 Å². The average Bonchev–Trinajstić information content (AvgIpc) is 3.12. The van der Waals surface area contributed by atoms with Crippen LogP contribution in [0.3, 0.4) is 0 Å². The predicted molar refractivity (Wildman–Crippen MR) is 84.2 cm³/mol. The lowest BCUT2D eigenvalue weighted by molar-refractivity contribution is -0.137. The first-order chi connectivity index (χ1) is 11.9. The average molecular weight is 354 g/mol. The molecular weight excluding hydrogens is 337 g/mol. The van der Waals surface area contributed by atoms with Crippen LogP contribution in [-0.2, 0) is 12.8 Å². The number of halogens is 3. The Morgan fingerprint density at radius 3 is 2.52 bits per heavy atom. The molecule has 2 aromatic rings. The Morgan fingerprint density at radius 2 is 1.92 bits per heavy atom. The number of aliphatic hydroxyl groups excluding tert-OH is 1. The molecule has 0 radical (unpaired) electrons. The van der Waals surface area contributed by atoms with Gasteiger partial charge in [0.25, 0.3) is 0 Å². The lowest BCUT2D eigenvalue weighted by Crippen LogP contribution is -2.50. The van der Waals surface area contributed by atoms with Gasteiger partial charge in [0.1, 0.15) is 0 Å². The molecule has 0 aliphatic carbocycles. The Morgan fingerprint density at radius 1 is 1.20 bits per heavy atom. The standard InChI is InChI=1S/C16H17F3N4O2/c17-16(18,19)13-9-20-23(10-13)15(25)22-6-4-21(5-7-22)14-3-1-2-12(8-14)11-24/h1-3,8-10,24H,4-7,11H2. The number of anilines is 1. The topological polar surface area (TPSA) is 61.6 Å². The maximum absolute atomic E-state index is 12.6. The molecule has 1 amide bonds. The van der Waals surface area contributed by atoms with Gasteiger partial charge in [-0.2, -0.15) is 23.0 Å². The number of benzene rings is 1. The largest absolute Gasteiger partial charge is 0.419 e. The number of carbonyl (C=O) groups is 1. The van der Waals surface area contributed by atoms with Crippen LogP contribution < -0.4 is 4.90 Å². The molecule has 1 saturated heterocycles. The van der Waals surface area contributed by atoms with Crippen molar-refractivity contribution in [1.82, 2.24) is 14.7 Å². The predicted octanol–water partition coefficient (Wildman–Crippen LogP) is 2.18. The van der Waals surface area contributed by atoms with Crippen molar-refractivity contribution in [3.63, 3.8) is 0 Å². The van der Waals surface area contributed by atoms with E-state index in [2.05, 4.69) is 10.00 Å². The molecule has 0 atom stereocenters. The molecule has 1 aliphatic rings. The number of aromatic nitrogens is 2. The van der Waals surface area contributed by atoms with Crippen LogP contribution in [0.4, 0.5) is 23.7 Å². The Labute approximate surface area is 142 Å². The van der Waals surface area contributed by atoms with E-state index in [1.807, 2.05) is 24.3 Å². The lowest BCUT2D eigenvalue weighted by atomic mass is 10.2. The minimum absolute atomic E-state index is 0.0485. The highest BCUT2D eigenvalue weighted by atomic mass is 19.4. The summed E-state index contributed by atoms with van der Waals surface area (Å²) in [6, 6.07) is 6.89. The fraction of sp³-hybridized carbons (Fsp3) is 0.375. The second-order valence-electron chi connectivity index (χ2n) is 5.76. The van der Waals surface area contributed by atoms with Crippen molar-refractivity contribution in [1.29, 1.82) is 0 Å². The van der Waals surface area contributed by atoms with Crippen molar-refractivity contribution in [3.05, 3.63) is 47.8 Å². The Hall–Kier alpha value is -2.55. The highest BCUT2D eigenvalue weighted by molar-refractivity contribution is 5.76. The summed E-state index contributed by atoms with van der Waals surface area (Å²) in [6.07, 6.45) is -3.16. The molecule has 0 unspecified atom stereocenters. The third-order valence-corrected chi connectivity index (χ3v) is 4.11. The van der Waals surface area contributed by atoms with E-state index in [1.165, 1.54) is 4.90 Å². The molecule has 3 rings (SSSR count). The molecule has 6 nitrogen and oxygen atoms in total. The Balaban J connectivity index is 1.63. The number of carbonyl (C=O) groups excluding carboxylic acids is 1. The molecule has 2 heterocycles. The van der Waals surface area contributed by atoms with Crippen LogP contribution >= 0.6 is 0 Å². The van der Waals surface area contributed by atoms with Gasteiger partial charge >= 0.3 is 12.2 Å². The van der Waals surface area contributed by atoms with E-state index in [0.717, 1.165) is 15.9 Å². The van der Waals surface area contributed by atoms with Gasteiger partial charge in [-0.1, -0.05) is 12.1 Å². The minimum atomic E-state index is -4.52. The number of nitrogens with zero attached hydrogens (tertiary/aromatic N) is 4. The number of alkyl halides is 3. The number of piperazine rings is 1. The summed E-state index contributed by atoms with van der Waals surface area (Å²) in [6.45, 7) is 1.81. The van der Waals surface area contributed by atoms with Gasteiger partial charge in [-0.15, -0.1) is 0 Å². The van der Waals surface area contributed by atoms with E-state index in [0.29, 0.717) is 38.6 Å². The third kappa shape index (κ3) is 3.76. The van der Waals surface area contributed by atoms with Crippen LogP contribution in [0.2, 0.25) is 0 Å². The van der Waals surface area contributed by atoms with Gasteiger partial charge in [-0.05, 0) is 17.7 Å². The summed E-state index contributed by atoms with van der Waals surface area (Å²) < 4.78 is 38.5. The van der Waals surface area contributed by atoms with E-state index < -0.39 is 17.8 Å². The second-order valence-corrected chi connectivity index (χ2v) is 5.76. The zero-order chi connectivity index (χ0) is 18.0. The van der Waals surface area contributed by atoms with Gasteiger partial charge in [0.2, 0.25) is 0 Å². The van der Waals surface area contributed by atoms with Crippen molar-refractivity contribution in [2.24, 2.45) is 0 Å². The first-order valence-corrected chi connectivity index (χ1v) is 7.74. The maximum atomic E-state index is 12.6. The second kappa shape index (κ2) is 6.75. The van der Waals surface area contributed by atoms with E-state index >= 15 is 0 Å². The lowest BCUT2D eigenvalue weighted by Gasteiger charge is -2.35. The van der Waals surface area contributed by atoms with Gasteiger partial charge < -0.3 is 14.9 Å². The zero-order valence-corrected chi connectivity index (χ0v) is 13.3. The molecule has 1 aromatic heterocycles. The summed E-state index contributed by atoms with van der Waals surface area (Å²) >= 11 is 0. The van der Waals surface area contributed by atoms with Gasteiger partial charge in [0, 0.05) is 38.1 Å². The smallest absolute Gasteiger partial charge is 0.392 e. The third-order valence-electron chi connectivity index (χ3n) is 4.11. The fourth-order valence-corrected chi connectivity index (χ4v) is 2.73. The molecule has 25 heavy (non-hydrogen) atoms. The monoisotopic (exact) mass is 354 g/mol. The normalized spacial score (nSPS) is 15.5. The first-order valence-electron chi connectivity index (χ1n) is 7.74. The van der Waals surface area contributed by atoms with Crippen molar-refractivity contribution < 1.29 is 23.1 Å². The SMILES string of the molecule is O=C(N1CCN(c2cccc(CO)c2)CC1)n1cc(C(F)(F)F)cn1. The molecule has 1 N–H and O–H groups in total. The Bertz CT molecular complexity index is 752. The summed E-state index contributed by atoms with van der Waals surface area (Å²) in [7, 11) is 0. The van der Waals surface area contributed by atoms with Crippen LogP contribution in [0.15, 0.2) is 36.7 Å². The van der Waals surface area contributed by atoms with Gasteiger partial charge in [0.15, 0.2) is 0 Å². The summed E-state index contributed by atoms with van der Waals surface area (Å²) in [4.78, 5) is 15.8. The van der Waals surface area contributed by atoms with Crippen LogP contribution in [0, 0.1) is 0 Å². The highest BCUT2D eigenvalue weighted by Gasteiger charge is 2.33. The Kier molecular flexibility index (Phi) is 4.67. The summed E-state index contributed by atoms with van der Waals surface area (Å²) in [5.41, 5.74) is 0.796. The minimum Gasteiger partial charge on any atom is -0.392 e. The quantitative estimate of drug-likeness (QED) is 0.898. The number of hydrogen-bond acceptors (Lipinski definition) is 4. The molecular formula is C16H17F3N4O2. The molecule has 9 heteroatoms. The van der Waals surface area contributed by atoms with Crippen LogP contribution in [0.5, 0.6) is 0 Å². The number of aliphatic hydroxyl groups is 1. The molecule has 0 spiro atoms. The number of amides is 1. The van der Waals surface area contributed by atoms with Crippen LogP contribution in [0.1, 0.15) is 11.1 Å². The number of hydrogen-bond donors (Lipinski definition) is 1. The van der Waals surface area contributed by atoms with E-state index in [4.69, 9.17) is 0 Å². The summed E-state index contributed by atoms with van der Waals surface area (Å²) in [5, 5.41) is 12.7. The van der Waals surface area contributed by atoms with Crippen molar-refractivity contribution >= 4 is 11.7 Å². The van der Waals surface area contributed by atoms with Gasteiger partial charge in [0.05, 0.1) is 18.4 Å². The molecule has 0 bridgehead atoms. The van der Waals surface area contributed by atoms with E-state index in [1.54, 1.807) is 0 Å². The fourth-order valence-electron chi connectivity index (χ4n) is 2.73.